The quantitative estimate of drug-likeness (QED) is 0.298. The summed E-state index contributed by atoms with van der Waals surface area (Å²) in [6.07, 6.45) is 1.41. The van der Waals surface area contributed by atoms with E-state index in [2.05, 4.69) is 36.6 Å². The van der Waals surface area contributed by atoms with Crippen LogP contribution in [0, 0.1) is 5.92 Å². The lowest BCUT2D eigenvalue weighted by Crippen LogP contribution is -2.41. The smallest absolute Gasteiger partial charge is 0.318 e. The Morgan fingerprint density at radius 1 is 1.12 bits per heavy atom. The average Bonchev–Trinajstić information content (AvgIpc) is 2.65. The average molecular weight is 364 g/mol. The Labute approximate surface area is 156 Å². The van der Waals surface area contributed by atoms with Gasteiger partial charge in [0.2, 0.25) is 5.91 Å². The molecule has 0 radical (unpaired) electrons. The first kappa shape index (κ1) is 22.1. The second-order valence-electron chi connectivity index (χ2n) is 6.39. The molecule has 0 aliphatic carbocycles. The van der Waals surface area contributed by atoms with Gasteiger partial charge in [0.25, 0.3) is 0 Å². The normalized spacial score (nSPS) is 13.1. The van der Waals surface area contributed by atoms with E-state index in [1.54, 1.807) is 6.92 Å². The van der Waals surface area contributed by atoms with Gasteiger partial charge in [0, 0.05) is 26.2 Å². The molecule has 0 aliphatic rings. The minimum Gasteiger partial charge on any atom is -0.465 e. The highest BCUT2D eigenvalue weighted by Gasteiger charge is 2.28. The van der Waals surface area contributed by atoms with Crippen LogP contribution in [0.4, 0.5) is 0 Å². The number of nitrogens with one attached hydrogen (secondary N) is 2. The van der Waals surface area contributed by atoms with E-state index >= 15 is 0 Å². The summed E-state index contributed by atoms with van der Waals surface area (Å²) >= 11 is 0. The van der Waals surface area contributed by atoms with Crippen LogP contribution < -0.4 is 16.4 Å². The Morgan fingerprint density at radius 2 is 1.81 bits per heavy atom. The molecule has 0 spiro atoms. The topological polar surface area (TPSA) is 93.5 Å². The van der Waals surface area contributed by atoms with Crippen molar-refractivity contribution in [3.05, 3.63) is 35.4 Å². The molecular weight excluding hydrogens is 330 g/mol. The van der Waals surface area contributed by atoms with Gasteiger partial charge in [0.05, 0.1) is 6.61 Å². The molecular formula is C20H33N3O3. The van der Waals surface area contributed by atoms with Gasteiger partial charge in [-0.05, 0) is 36.8 Å². The number of hydrogen-bond acceptors (Lipinski definition) is 5. The molecule has 6 heteroatoms. The van der Waals surface area contributed by atoms with Crippen molar-refractivity contribution in [1.82, 2.24) is 10.6 Å². The summed E-state index contributed by atoms with van der Waals surface area (Å²) in [4.78, 5) is 24.7. The Balaban J connectivity index is 2.70. The van der Waals surface area contributed by atoms with E-state index in [-0.39, 0.29) is 12.5 Å². The molecule has 1 aromatic rings. The van der Waals surface area contributed by atoms with E-state index in [9.17, 15) is 9.59 Å². The summed E-state index contributed by atoms with van der Waals surface area (Å²) in [5.41, 5.74) is 7.62. The van der Waals surface area contributed by atoms with E-state index in [0.29, 0.717) is 38.5 Å². The summed E-state index contributed by atoms with van der Waals surface area (Å²) in [7, 11) is 0. The van der Waals surface area contributed by atoms with Crippen LogP contribution in [0.1, 0.15) is 44.2 Å². The molecule has 1 amide bonds. The zero-order valence-corrected chi connectivity index (χ0v) is 16.2. The molecule has 0 saturated heterocycles. The maximum atomic E-state index is 12.5. The first-order chi connectivity index (χ1) is 12.5. The molecule has 26 heavy (non-hydrogen) atoms. The van der Waals surface area contributed by atoms with Gasteiger partial charge in [-0.3, -0.25) is 9.59 Å². The molecule has 6 nitrogen and oxygen atoms in total. The van der Waals surface area contributed by atoms with Crippen molar-refractivity contribution in [3.8, 4) is 0 Å². The SMILES string of the molecule is CCOC(=O)C(Cc1ccc(C(C)CC)cc1)C(=O)NCCNCCN. The number of rotatable bonds is 12. The highest BCUT2D eigenvalue weighted by atomic mass is 16.5. The van der Waals surface area contributed by atoms with Gasteiger partial charge in [-0.1, -0.05) is 38.1 Å². The molecule has 0 heterocycles. The third-order valence-corrected chi connectivity index (χ3v) is 4.41. The van der Waals surface area contributed by atoms with Crippen LogP contribution in [-0.4, -0.2) is 44.7 Å². The molecule has 0 bridgehead atoms. The number of benzene rings is 1. The predicted molar refractivity (Wildman–Crippen MR) is 104 cm³/mol. The van der Waals surface area contributed by atoms with Gasteiger partial charge in [0.1, 0.15) is 5.92 Å². The highest BCUT2D eigenvalue weighted by Crippen LogP contribution is 2.20. The lowest BCUT2D eigenvalue weighted by Gasteiger charge is -2.16. The number of carbonyl (C=O) groups is 2. The summed E-state index contributed by atoms with van der Waals surface area (Å²) < 4.78 is 5.09. The monoisotopic (exact) mass is 363 g/mol. The molecule has 0 saturated carbocycles. The fourth-order valence-corrected chi connectivity index (χ4v) is 2.60. The van der Waals surface area contributed by atoms with Crippen LogP contribution in [0.3, 0.4) is 0 Å². The number of hydrogen-bond donors (Lipinski definition) is 3. The zero-order chi connectivity index (χ0) is 19.4. The van der Waals surface area contributed by atoms with Crippen LogP contribution in [0.25, 0.3) is 0 Å². The zero-order valence-electron chi connectivity index (χ0n) is 16.2. The highest BCUT2D eigenvalue weighted by molar-refractivity contribution is 5.98. The summed E-state index contributed by atoms with van der Waals surface area (Å²) in [6.45, 7) is 8.64. The van der Waals surface area contributed by atoms with E-state index in [1.165, 1.54) is 5.56 Å². The molecule has 1 rings (SSSR count). The largest absolute Gasteiger partial charge is 0.465 e. The lowest BCUT2D eigenvalue weighted by molar-refractivity contribution is -0.152. The maximum Gasteiger partial charge on any atom is 0.318 e. The van der Waals surface area contributed by atoms with Gasteiger partial charge in [-0.2, -0.15) is 0 Å². The number of amides is 1. The molecule has 1 aromatic carbocycles. The molecule has 2 unspecified atom stereocenters. The standard InChI is InChI=1S/C20H33N3O3/c1-4-15(3)17-8-6-16(7-9-17)14-18(20(25)26-5-2)19(24)23-13-12-22-11-10-21/h6-9,15,18,22H,4-5,10-14,21H2,1-3H3,(H,23,24). The van der Waals surface area contributed by atoms with E-state index in [0.717, 1.165) is 12.0 Å². The first-order valence-electron chi connectivity index (χ1n) is 9.47. The van der Waals surface area contributed by atoms with E-state index in [1.807, 2.05) is 12.1 Å². The van der Waals surface area contributed by atoms with E-state index < -0.39 is 11.9 Å². The minimum atomic E-state index is -0.834. The number of nitrogens with two attached hydrogens (primary N) is 1. The molecule has 146 valence electrons. The maximum absolute atomic E-state index is 12.5. The van der Waals surface area contributed by atoms with Gasteiger partial charge in [-0.15, -0.1) is 0 Å². The van der Waals surface area contributed by atoms with Crippen molar-refractivity contribution in [2.24, 2.45) is 11.7 Å². The van der Waals surface area contributed by atoms with Crippen LogP contribution in [0.2, 0.25) is 0 Å². The summed E-state index contributed by atoms with van der Waals surface area (Å²) in [6, 6.07) is 8.12. The lowest BCUT2D eigenvalue weighted by atomic mass is 9.94. The van der Waals surface area contributed by atoms with Crippen molar-refractivity contribution in [1.29, 1.82) is 0 Å². The number of carbonyl (C=O) groups excluding carboxylic acids is 2. The predicted octanol–water partition coefficient (Wildman–Crippen LogP) is 1.59. The molecule has 0 aliphatic heterocycles. The van der Waals surface area contributed by atoms with Crippen LogP contribution in [-0.2, 0) is 20.7 Å². The minimum absolute atomic E-state index is 0.258. The van der Waals surface area contributed by atoms with Crippen molar-refractivity contribution in [2.75, 3.05) is 32.8 Å². The van der Waals surface area contributed by atoms with Gasteiger partial charge in [-0.25, -0.2) is 0 Å². The second-order valence-corrected chi connectivity index (χ2v) is 6.39. The third kappa shape index (κ3) is 7.54. The van der Waals surface area contributed by atoms with Gasteiger partial charge in [0.15, 0.2) is 0 Å². The van der Waals surface area contributed by atoms with Crippen LogP contribution in [0.15, 0.2) is 24.3 Å². The van der Waals surface area contributed by atoms with Gasteiger partial charge >= 0.3 is 5.97 Å². The van der Waals surface area contributed by atoms with Crippen molar-refractivity contribution in [3.63, 3.8) is 0 Å². The number of ether oxygens (including phenoxy) is 1. The Morgan fingerprint density at radius 3 is 2.38 bits per heavy atom. The van der Waals surface area contributed by atoms with Crippen molar-refractivity contribution in [2.45, 2.75) is 39.5 Å². The molecule has 0 fully saturated rings. The molecule has 4 N–H and O–H groups in total. The number of esters is 1. The molecule has 2 atom stereocenters. The fourth-order valence-electron chi connectivity index (χ4n) is 2.60. The van der Waals surface area contributed by atoms with Crippen LogP contribution >= 0.6 is 0 Å². The van der Waals surface area contributed by atoms with E-state index in [4.69, 9.17) is 10.5 Å². The second kappa shape index (κ2) is 12.4. The molecule has 0 aromatic heterocycles. The summed E-state index contributed by atoms with van der Waals surface area (Å²) in [5.74, 6) is -1.12. The van der Waals surface area contributed by atoms with Crippen molar-refractivity contribution < 1.29 is 14.3 Å². The Kier molecular flexibility index (Phi) is 10.6. The first-order valence-corrected chi connectivity index (χ1v) is 9.47. The fraction of sp³-hybridized carbons (Fsp3) is 0.600. The van der Waals surface area contributed by atoms with Crippen LogP contribution in [0.5, 0.6) is 0 Å². The van der Waals surface area contributed by atoms with Crippen molar-refractivity contribution >= 4 is 11.9 Å². The third-order valence-electron chi connectivity index (χ3n) is 4.41. The van der Waals surface area contributed by atoms with Gasteiger partial charge < -0.3 is 21.1 Å². The Hall–Kier alpha value is -1.92. The summed E-state index contributed by atoms with van der Waals surface area (Å²) in [5, 5.41) is 5.90. The Bertz CT molecular complexity index is 546.